The summed E-state index contributed by atoms with van der Waals surface area (Å²) < 4.78 is 84.4. The number of carboxylic acid groups (broad SMARTS) is 1. The maximum Gasteiger partial charge on any atom is 0.416 e. The topological polar surface area (TPSA) is 70.8 Å². The summed E-state index contributed by atoms with van der Waals surface area (Å²) in [6.45, 7) is 0.287. The molecule has 1 amide bonds. The molecule has 13 heteroatoms. The Kier molecular flexibility index (Phi) is 8.00. The van der Waals surface area contributed by atoms with Gasteiger partial charge in [0.2, 0.25) is 0 Å². The number of thiocarbonyl (C=S) groups is 1. The molecule has 0 aliphatic carbocycles. The number of hydrogen-bond donors (Lipinski definition) is 1. The lowest BCUT2D eigenvalue weighted by atomic mass is 10.0. The number of carboxylic acids is 1. The van der Waals surface area contributed by atoms with Gasteiger partial charge in [0.1, 0.15) is 15.8 Å². The second-order valence-corrected chi connectivity index (χ2v) is 9.21. The zero-order valence-corrected chi connectivity index (χ0v) is 19.3. The number of unbranched alkanes of at least 4 members (excludes halogenated alkanes) is 2. The van der Waals surface area contributed by atoms with Gasteiger partial charge in [-0.3, -0.25) is 14.5 Å². The van der Waals surface area contributed by atoms with E-state index in [1.807, 2.05) is 0 Å². The first kappa shape index (κ1) is 26.8. The van der Waals surface area contributed by atoms with Gasteiger partial charge in [0.15, 0.2) is 0 Å². The molecule has 1 aliphatic rings. The number of carbonyl (C=O) groups excluding carboxylic acids is 1. The quantitative estimate of drug-likeness (QED) is 0.172. The predicted octanol–water partition coefficient (Wildman–Crippen LogP) is 6.83. The number of furan rings is 1. The summed E-state index contributed by atoms with van der Waals surface area (Å²) in [6.07, 6.45) is -7.07. The first-order valence-electron chi connectivity index (χ1n) is 10.1. The Bertz CT molecular complexity index is 1140. The van der Waals surface area contributed by atoms with Gasteiger partial charge in [-0.05, 0) is 43.2 Å². The van der Waals surface area contributed by atoms with Crippen LogP contribution in [0, 0.1) is 0 Å². The fraction of sp³-hybridized carbons (Fsp3) is 0.318. The third kappa shape index (κ3) is 6.88. The lowest BCUT2D eigenvalue weighted by Gasteiger charge is -2.13. The Balaban J connectivity index is 1.78. The largest absolute Gasteiger partial charge is 0.481 e. The summed E-state index contributed by atoms with van der Waals surface area (Å²) in [4.78, 5) is 24.7. The zero-order valence-electron chi connectivity index (χ0n) is 17.7. The molecule has 188 valence electrons. The molecule has 0 saturated carbocycles. The molecule has 0 atom stereocenters. The minimum atomic E-state index is -4.99. The van der Waals surface area contributed by atoms with Crippen LogP contribution in [0.5, 0.6) is 0 Å². The van der Waals surface area contributed by atoms with Crippen LogP contribution in [-0.2, 0) is 21.9 Å². The molecule has 1 N–H and O–H groups in total. The van der Waals surface area contributed by atoms with Gasteiger partial charge < -0.3 is 9.52 Å². The molecule has 1 saturated heterocycles. The van der Waals surface area contributed by atoms with E-state index < -0.39 is 40.9 Å². The van der Waals surface area contributed by atoms with Gasteiger partial charge in [-0.1, -0.05) is 30.4 Å². The number of carbonyl (C=O) groups is 2. The van der Waals surface area contributed by atoms with Crippen LogP contribution in [0.3, 0.4) is 0 Å². The van der Waals surface area contributed by atoms with E-state index in [-0.39, 0.29) is 39.8 Å². The summed E-state index contributed by atoms with van der Waals surface area (Å²) in [5.41, 5.74) is -3.35. The summed E-state index contributed by atoms with van der Waals surface area (Å²) in [7, 11) is 0. The van der Waals surface area contributed by atoms with Gasteiger partial charge in [0, 0.05) is 24.6 Å². The molecular weight excluding hydrogens is 520 g/mol. The lowest BCUT2D eigenvalue weighted by Crippen LogP contribution is -2.29. The number of aliphatic carboxylic acids is 1. The first-order chi connectivity index (χ1) is 16.3. The monoisotopic (exact) mass is 537 g/mol. The number of benzene rings is 1. The fourth-order valence-corrected chi connectivity index (χ4v) is 4.52. The van der Waals surface area contributed by atoms with Crippen molar-refractivity contribution in [2.45, 2.75) is 38.0 Å². The van der Waals surface area contributed by atoms with Crippen LogP contribution in [0.15, 0.2) is 39.7 Å². The Morgan fingerprint density at radius 2 is 1.66 bits per heavy atom. The van der Waals surface area contributed by atoms with E-state index in [0.29, 0.717) is 31.4 Å². The third-order valence-corrected chi connectivity index (χ3v) is 6.30. The van der Waals surface area contributed by atoms with Crippen LogP contribution >= 0.6 is 24.0 Å². The van der Waals surface area contributed by atoms with Crippen LogP contribution < -0.4 is 0 Å². The maximum absolute atomic E-state index is 13.1. The van der Waals surface area contributed by atoms with E-state index in [4.69, 9.17) is 21.7 Å². The van der Waals surface area contributed by atoms with E-state index in [0.717, 1.165) is 11.8 Å². The van der Waals surface area contributed by atoms with Crippen molar-refractivity contribution in [1.29, 1.82) is 0 Å². The second kappa shape index (κ2) is 10.4. The molecule has 2 aromatic rings. The lowest BCUT2D eigenvalue weighted by molar-refractivity contribution is -0.143. The molecule has 0 spiro atoms. The average Bonchev–Trinajstić information content (AvgIpc) is 3.31. The fourth-order valence-electron chi connectivity index (χ4n) is 3.23. The highest BCUT2D eigenvalue weighted by atomic mass is 32.2. The van der Waals surface area contributed by atoms with E-state index in [9.17, 15) is 35.9 Å². The van der Waals surface area contributed by atoms with E-state index in [1.54, 1.807) is 0 Å². The Morgan fingerprint density at radius 3 is 2.23 bits per heavy atom. The van der Waals surface area contributed by atoms with Crippen LogP contribution in [0.1, 0.15) is 42.6 Å². The molecule has 0 unspecified atom stereocenters. The van der Waals surface area contributed by atoms with Gasteiger partial charge in [-0.15, -0.1) is 0 Å². The molecule has 1 aromatic heterocycles. The van der Waals surface area contributed by atoms with Crippen molar-refractivity contribution in [3.8, 4) is 11.3 Å². The van der Waals surface area contributed by atoms with Crippen molar-refractivity contribution in [3.05, 3.63) is 52.1 Å². The highest BCUT2D eigenvalue weighted by Gasteiger charge is 2.37. The molecule has 1 aliphatic heterocycles. The van der Waals surface area contributed by atoms with Crippen molar-refractivity contribution < 1.29 is 45.5 Å². The van der Waals surface area contributed by atoms with Crippen molar-refractivity contribution in [3.63, 3.8) is 0 Å². The molecule has 3 rings (SSSR count). The minimum Gasteiger partial charge on any atom is -0.481 e. The summed E-state index contributed by atoms with van der Waals surface area (Å²) in [5, 5.41) is 8.65. The van der Waals surface area contributed by atoms with Gasteiger partial charge in [-0.25, -0.2) is 0 Å². The van der Waals surface area contributed by atoms with Crippen LogP contribution in [0.4, 0.5) is 26.3 Å². The van der Waals surface area contributed by atoms with Crippen LogP contribution in [0.25, 0.3) is 17.4 Å². The molecule has 5 nitrogen and oxygen atoms in total. The van der Waals surface area contributed by atoms with Gasteiger partial charge in [-0.2, -0.15) is 26.3 Å². The molecule has 1 aromatic carbocycles. The molecule has 2 heterocycles. The second-order valence-electron chi connectivity index (χ2n) is 7.53. The molecule has 0 radical (unpaired) electrons. The Labute approximate surface area is 204 Å². The number of halogens is 6. The van der Waals surface area contributed by atoms with Crippen molar-refractivity contribution >= 4 is 46.3 Å². The number of thioether (sulfide) groups is 1. The van der Waals surface area contributed by atoms with Gasteiger partial charge in [0.05, 0.1) is 16.0 Å². The number of nitrogens with zero attached hydrogens (tertiary/aromatic N) is 1. The number of rotatable bonds is 8. The summed E-state index contributed by atoms with van der Waals surface area (Å²) in [5.74, 6) is -1.51. The first-order valence-corrected chi connectivity index (χ1v) is 11.3. The zero-order chi connectivity index (χ0) is 26.0. The molecule has 35 heavy (non-hydrogen) atoms. The highest BCUT2D eigenvalue weighted by molar-refractivity contribution is 8.26. The highest BCUT2D eigenvalue weighted by Crippen LogP contribution is 2.39. The number of amides is 1. The Hall–Kier alpha value is -2.80. The maximum atomic E-state index is 13.1. The van der Waals surface area contributed by atoms with Crippen molar-refractivity contribution in [1.82, 2.24) is 4.90 Å². The Morgan fingerprint density at radius 1 is 1.03 bits per heavy atom. The smallest absolute Gasteiger partial charge is 0.416 e. The molecular formula is C22H17F6NO4S2. The summed E-state index contributed by atoms with van der Waals surface area (Å²) in [6, 6.07) is 3.68. The standard InChI is InChI=1S/C22H17F6NO4S2/c23-21(24,25)13-8-12(9-14(10-13)22(26,27)28)16-6-5-15(33-16)11-17-19(32)29(20(34)35-17)7-3-1-2-4-18(30)31/h5-6,8-11H,1-4,7H2,(H,30,31). The van der Waals surface area contributed by atoms with Crippen LogP contribution in [0.2, 0.25) is 0 Å². The van der Waals surface area contributed by atoms with Gasteiger partial charge >= 0.3 is 18.3 Å². The SMILES string of the molecule is O=C(O)CCCCCN1C(=O)C(=Cc2ccc(-c3cc(C(F)(F)F)cc(C(F)(F)F)c3)o2)SC1=S. The van der Waals surface area contributed by atoms with Gasteiger partial charge in [0.25, 0.3) is 5.91 Å². The molecule has 1 fully saturated rings. The third-order valence-electron chi connectivity index (χ3n) is 4.92. The van der Waals surface area contributed by atoms with Crippen molar-refractivity contribution in [2.24, 2.45) is 0 Å². The van der Waals surface area contributed by atoms with Crippen molar-refractivity contribution in [2.75, 3.05) is 6.54 Å². The minimum absolute atomic E-state index is 0.0233. The number of hydrogen-bond acceptors (Lipinski definition) is 5. The van der Waals surface area contributed by atoms with Crippen LogP contribution in [-0.4, -0.2) is 32.7 Å². The normalized spacial score (nSPS) is 15.9. The predicted molar refractivity (Wildman–Crippen MR) is 120 cm³/mol. The van der Waals surface area contributed by atoms with E-state index in [1.165, 1.54) is 23.1 Å². The molecule has 0 bridgehead atoms. The number of alkyl halides is 6. The average molecular weight is 538 g/mol. The summed E-state index contributed by atoms with van der Waals surface area (Å²) >= 11 is 6.18. The van der Waals surface area contributed by atoms with E-state index >= 15 is 0 Å². The van der Waals surface area contributed by atoms with E-state index in [2.05, 4.69) is 0 Å².